The Morgan fingerprint density at radius 3 is 2.43 bits per heavy atom. The van der Waals surface area contributed by atoms with Gasteiger partial charge in [0, 0.05) is 12.0 Å². The average Bonchev–Trinajstić information content (AvgIpc) is 2.44. The summed E-state index contributed by atoms with van der Waals surface area (Å²) < 4.78 is 18.2. The number of nitrogens with one attached hydrogen (secondary N) is 1. The number of rotatable bonds is 9. The van der Waals surface area contributed by atoms with Crippen molar-refractivity contribution in [1.82, 2.24) is 5.32 Å². The summed E-state index contributed by atoms with van der Waals surface area (Å²) in [6.45, 7) is 5.82. The molecule has 1 unspecified atom stereocenters. The van der Waals surface area contributed by atoms with Gasteiger partial charge in [0.1, 0.15) is 11.6 Å². The molecule has 0 saturated carbocycles. The molecule has 0 saturated heterocycles. The number of hydrogen-bond donors (Lipinski definition) is 2. The van der Waals surface area contributed by atoms with Crippen LogP contribution in [0.15, 0.2) is 24.3 Å². The lowest BCUT2D eigenvalue weighted by molar-refractivity contribution is -0.139. The Kier molecular flexibility index (Phi) is 7.00. The van der Waals surface area contributed by atoms with E-state index in [2.05, 4.69) is 5.32 Å². The van der Waals surface area contributed by atoms with Crippen molar-refractivity contribution >= 4 is 11.9 Å². The van der Waals surface area contributed by atoms with Gasteiger partial charge in [0.05, 0.1) is 13.0 Å². The summed E-state index contributed by atoms with van der Waals surface area (Å²) in [6.07, 6.45) is 0.607. The Bertz CT molecular complexity index is 530. The Labute approximate surface area is 135 Å². The molecule has 5 nitrogen and oxygen atoms in total. The molecule has 2 N–H and O–H groups in total. The summed E-state index contributed by atoms with van der Waals surface area (Å²) >= 11 is 0. The summed E-state index contributed by atoms with van der Waals surface area (Å²) in [5.74, 6) is -0.933. The highest BCUT2D eigenvalue weighted by Gasteiger charge is 2.32. The number of benzene rings is 1. The molecule has 23 heavy (non-hydrogen) atoms. The maximum atomic E-state index is 12.7. The van der Waals surface area contributed by atoms with Crippen LogP contribution in [0.5, 0.6) is 5.75 Å². The predicted molar refractivity (Wildman–Crippen MR) is 84.8 cm³/mol. The lowest BCUT2D eigenvalue weighted by atomic mass is 9.85. The van der Waals surface area contributed by atoms with E-state index < -0.39 is 11.5 Å². The molecule has 0 radical (unpaired) electrons. The van der Waals surface area contributed by atoms with Crippen molar-refractivity contribution in [2.45, 2.75) is 45.6 Å². The smallest absolute Gasteiger partial charge is 0.305 e. The molecule has 0 aromatic heterocycles. The molecule has 0 heterocycles. The second-order valence-electron chi connectivity index (χ2n) is 6.10. The van der Waals surface area contributed by atoms with Gasteiger partial charge in [-0.15, -0.1) is 0 Å². The van der Waals surface area contributed by atoms with Crippen LogP contribution < -0.4 is 10.1 Å². The third-order valence-corrected chi connectivity index (χ3v) is 3.85. The van der Waals surface area contributed by atoms with E-state index in [1.165, 1.54) is 24.3 Å². The molecule has 0 spiro atoms. The molecule has 1 amide bonds. The van der Waals surface area contributed by atoms with E-state index in [1.807, 2.05) is 13.8 Å². The molecule has 1 rings (SSSR count). The first-order valence-corrected chi connectivity index (χ1v) is 7.64. The highest BCUT2D eigenvalue weighted by molar-refractivity contribution is 5.78. The van der Waals surface area contributed by atoms with Crippen LogP contribution in [0.2, 0.25) is 0 Å². The Hall–Kier alpha value is -2.11. The summed E-state index contributed by atoms with van der Waals surface area (Å²) in [5, 5.41) is 11.8. The largest absolute Gasteiger partial charge is 0.494 e. The molecule has 1 atom stereocenters. The fraction of sp³-hybridized carbons (Fsp3) is 0.529. The average molecular weight is 325 g/mol. The van der Waals surface area contributed by atoms with E-state index in [-0.39, 0.29) is 30.5 Å². The van der Waals surface area contributed by atoms with Crippen LogP contribution in [0.25, 0.3) is 0 Å². The maximum absolute atomic E-state index is 12.7. The highest BCUT2D eigenvalue weighted by atomic mass is 19.1. The predicted octanol–water partition coefficient (Wildman–Crippen LogP) is 2.99. The van der Waals surface area contributed by atoms with E-state index in [4.69, 9.17) is 9.84 Å². The van der Waals surface area contributed by atoms with Crippen molar-refractivity contribution in [2.24, 2.45) is 5.92 Å². The number of carbonyl (C=O) groups excluding carboxylic acids is 1. The summed E-state index contributed by atoms with van der Waals surface area (Å²) in [6, 6.07) is 5.67. The molecule has 6 heteroatoms. The van der Waals surface area contributed by atoms with Gasteiger partial charge in [0.25, 0.3) is 0 Å². The van der Waals surface area contributed by atoms with E-state index in [9.17, 15) is 14.0 Å². The normalized spacial score (nSPS) is 13.4. The minimum atomic E-state index is -0.943. The van der Waals surface area contributed by atoms with Gasteiger partial charge in [-0.2, -0.15) is 0 Å². The van der Waals surface area contributed by atoms with Crippen LogP contribution in [0.3, 0.4) is 0 Å². The van der Waals surface area contributed by atoms with Gasteiger partial charge in [-0.3, -0.25) is 9.59 Å². The van der Waals surface area contributed by atoms with E-state index in [0.717, 1.165) is 0 Å². The van der Waals surface area contributed by atoms with Crippen LogP contribution in [0.1, 0.15) is 40.0 Å². The van der Waals surface area contributed by atoms with Crippen LogP contribution >= 0.6 is 0 Å². The number of ether oxygens (including phenoxy) is 1. The number of carbonyl (C=O) groups is 2. The molecule has 0 bridgehead atoms. The summed E-state index contributed by atoms with van der Waals surface area (Å²) in [4.78, 5) is 22.9. The lowest BCUT2D eigenvalue weighted by Gasteiger charge is -2.33. The van der Waals surface area contributed by atoms with Gasteiger partial charge >= 0.3 is 5.97 Å². The van der Waals surface area contributed by atoms with Gasteiger partial charge in [0.15, 0.2) is 0 Å². The zero-order valence-corrected chi connectivity index (χ0v) is 13.8. The zero-order chi connectivity index (χ0) is 17.5. The molecule has 0 aliphatic carbocycles. The maximum Gasteiger partial charge on any atom is 0.305 e. The molecule has 128 valence electrons. The van der Waals surface area contributed by atoms with E-state index in [0.29, 0.717) is 18.8 Å². The molecule has 0 aliphatic rings. The first-order chi connectivity index (χ1) is 10.7. The molecule has 0 fully saturated rings. The van der Waals surface area contributed by atoms with Crippen molar-refractivity contribution < 1.29 is 23.8 Å². The standard InChI is InChI=1S/C17H24FNO4/c1-12(2)17(3,11-16(21)22)19-15(20)5-4-10-23-14-8-6-13(18)7-9-14/h6-9,12H,4-5,10-11H2,1-3H3,(H,19,20)(H,21,22). The molecule has 0 aliphatic heterocycles. The SMILES string of the molecule is CC(C)C(C)(CC(=O)O)NC(=O)CCCOc1ccc(F)cc1. The second kappa shape index (κ2) is 8.50. The minimum absolute atomic E-state index is 0.00184. The zero-order valence-electron chi connectivity index (χ0n) is 13.8. The van der Waals surface area contributed by atoms with Crippen LogP contribution in [-0.4, -0.2) is 29.1 Å². The number of carboxylic acids is 1. The van der Waals surface area contributed by atoms with Crippen LogP contribution in [0.4, 0.5) is 4.39 Å². The Morgan fingerprint density at radius 1 is 1.30 bits per heavy atom. The van der Waals surface area contributed by atoms with Crippen molar-refractivity contribution in [2.75, 3.05) is 6.61 Å². The number of aliphatic carboxylic acids is 1. The summed E-state index contributed by atoms with van der Waals surface area (Å²) in [7, 11) is 0. The Morgan fingerprint density at radius 2 is 1.91 bits per heavy atom. The summed E-state index contributed by atoms with van der Waals surface area (Å²) in [5.41, 5.74) is -0.777. The fourth-order valence-electron chi connectivity index (χ4n) is 2.04. The lowest BCUT2D eigenvalue weighted by Crippen LogP contribution is -2.51. The Balaban J connectivity index is 2.37. The van der Waals surface area contributed by atoms with Gasteiger partial charge in [-0.1, -0.05) is 13.8 Å². The minimum Gasteiger partial charge on any atom is -0.494 e. The van der Waals surface area contributed by atoms with Gasteiger partial charge in [-0.05, 0) is 43.5 Å². The molecule has 1 aromatic carbocycles. The van der Waals surface area contributed by atoms with Crippen molar-refractivity contribution in [3.63, 3.8) is 0 Å². The van der Waals surface area contributed by atoms with Gasteiger partial charge in [0.2, 0.25) is 5.91 Å². The third kappa shape index (κ3) is 6.67. The molecular formula is C17H24FNO4. The number of hydrogen-bond acceptors (Lipinski definition) is 3. The first-order valence-electron chi connectivity index (χ1n) is 7.64. The number of amides is 1. The first kappa shape index (κ1) is 18.9. The number of carboxylic acid groups (broad SMARTS) is 1. The monoisotopic (exact) mass is 325 g/mol. The topological polar surface area (TPSA) is 75.6 Å². The van der Waals surface area contributed by atoms with E-state index >= 15 is 0 Å². The van der Waals surface area contributed by atoms with Crippen molar-refractivity contribution in [1.29, 1.82) is 0 Å². The quantitative estimate of drug-likeness (QED) is 0.684. The second-order valence-corrected chi connectivity index (χ2v) is 6.10. The van der Waals surface area contributed by atoms with E-state index in [1.54, 1.807) is 6.92 Å². The fourth-order valence-corrected chi connectivity index (χ4v) is 2.04. The van der Waals surface area contributed by atoms with Gasteiger partial charge in [-0.25, -0.2) is 4.39 Å². The molecule has 1 aromatic rings. The van der Waals surface area contributed by atoms with Crippen LogP contribution in [-0.2, 0) is 9.59 Å². The van der Waals surface area contributed by atoms with Crippen molar-refractivity contribution in [3.05, 3.63) is 30.1 Å². The van der Waals surface area contributed by atoms with Crippen LogP contribution in [0, 0.1) is 11.7 Å². The third-order valence-electron chi connectivity index (χ3n) is 3.85. The van der Waals surface area contributed by atoms with Crippen molar-refractivity contribution in [3.8, 4) is 5.75 Å². The van der Waals surface area contributed by atoms with Gasteiger partial charge < -0.3 is 15.2 Å². The molecular weight excluding hydrogens is 301 g/mol. The number of halogens is 1. The highest BCUT2D eigenvalue weighted by Crippen LogP contribution is 2.21.